The molecule has 4 rings (SSSR count). The lowest BCUT2D eigenvalue weighted by Gasteiger charge is -2.29. The highest BCUT2D eigenvalue weighted by atomic mass is 35.5. The fourth-order valence-electron chi connectivity index (χ4n) is 3.15. The van der Waals surface area contributed by atoms with Crippen molar-refractivity contribution < 1.29 is 14.3 Å². The summed E-state index contributed by atoms with van der Waals surface area (Å²) < 4.78 is 7.04. The van der Waals surface area contributed by atoms with Crippen LogP contribution in [0.3, 0.4) is 0 Å². The Morgan fingerprint density at radius 2 is 1.71 bits per heavy atom. The lowest BCUT2D eigenvalue weighted by Crippen LogP contribution is -2.54. The van der Waals surface area contributed by atoms with Gasteiger partial charge >= 0.3 is 0 Å². The van der Waals surface area contributed by atoms with Crippen LogP contribution in [0.1, 0.15) is 5.69 Å². The molecule has 2 aromatic carbocycles. The number of halogens is 2. The highest BCUT2D eigenvalue weighted by Gasteiger charge is 2.35. The molecule has 0 radical (unpaired) electrons. The van der Waals surface area contributed by atoms with E-state index in [9.17, 15) is 9.59 Å². The number of nitrogens with zero attached hydrogens (tertiary/aromatic N) is 2. The second kappa shape index (κ2) is 8.55. The number of carbonyl (C=O) groups excluding carboxylic acids is 2. The van der Waals surface area contributed by atoms with E-state index in [-0.39, 0.29) is 15.7 Å². The van der Waals surface area contributed by atoms with Gasteiger partial charge in [0.05, 0.1) is 22.8 Å². The molecule has 9 heteroatoms. The number of anilines is 1. The standard InChI is InChI=1S/C22H15Cl2N3O3S/c1-30-16-7-4-13(5-8-16)26-10-2-3-14(26)11-17-20(28)25-22(31)27(21(17)29)15-6-9-18(23)19(24)12-15/h2-12H,1H3,(H,25,28,31)/b17-11+. The number of rotatable bonds is 4. The number of hydrogen-bond acceptors (Lipinski definition) is 4. The first-order chi connectivity index (χ1) is 14.9. The molecule has 1 aliphatic heterocycles. The Bertz CT molecular complexity index is 1240. The van der Waals surface area contributed by atoms with Crippen molar-refractivity contribution in [3.63, 3.8) is 0 Å². The molecule has 31 heavy (non-hydrogen) atoms. The van der Waals surface area contributed by atoms with E-state index in [0.717, 1.165) is 11.4 Å². The van der Waals surface area contributed by atoms with E-state index in [0.29, 0.717) is 16.4 Å². The number of nitrogens with one attached hydrogen (secondary N) is 1. The van der Waals surface area contributed by atoms with Crippen LogP contribution in [0, 0.1) is 0 Å². The molecule has 0 atom stereocenters. The van der Waals surface area contributed by atoms with Crippen molar-refractivity contribution in [2.24, 2.45) is 0 Å². The van der Waals surface area contributed by atoms with Gasteiger partial charge in [0.1, 0.15) is 11.3 Å². The lowest BCUT2D eigenvalue weighted by molar-refractivity contribution is -0.122. The third-order valence-electron chi connectivity index (χ3n) is 4.69. The molecule has 0 unspecified atom stereocenters. The maximum Gasteiger partial charge on any atom is 0.270 e. The number of benzene rings is 2. The summed E-state index contributed by atoms with van der Waals surface area (Å²) in [6.07, 6.45) is 3.36. The minimum Gasteiger partial charge on any atom is -0.497 e. The zero-order chi connectivity index (χ0) is 22.1. The maximum absolute atomic E-state index is 13.2. The molecular formula is C22H15Cl2N3O3S. The van der Waals surface area contributed by atoms with E-state index >= 15 is 0 Å². The van der Waals surface area contributed by atoms with Crippen molar-refractivity contribution in [1.29, 1.82) is 0 Å². The first-order valence-electron chi connectivity index (χ1n) is 9.07. The number of aromatic nitrogens is 1. The third-order valence-corrected chi connectivity index (χ3v) is 5.71. The number of methoxy groups -OCH3 is 1. The molecule has 1 aromatic heterocycles. The topological polar surface area (TPSA) is 63.6 Å². The van der Waals surface area contributed by atoms with Crippen LogP contribution in [0.25, 0.3) is 11.8 Å². The fraction of sp³-hybridized carbons (Fsp3) is 0.0455. The Balaban J connectivity index is 1.73. The third kappa shape index (κ3) is 4.07. The lowest BCUT2D eigenvalue weighted by atomic mass is 10.1. The predicted molar refractivity (Wildman–Crippen MR) is 125 cm³/mol. The summed E-state index contributed by atoms with van der Waals surface area (Å²) in [6, 6.07) is 15.7. The predicted octanol–water partition coefficient (Wildman–Crippen LogP) is 4.62. The fourth-order valence-corrected chi connectivity index (χ4v) is 3.73. The van der Waals surface area contributed by atoms with Crippen LogP contribution >= 0.6 is 35.4 Å². The first-order valence-corrected chi connectivity index (χ1v) is 10.2. The maximum atomic E-state index is 13.2. The van der Waals surface area contributed by atoms with Gasteiger partial charge in [-0.2, -0.15) is 0 Å². The van der Waals surface area contributed by atoms with Crippen molar-refractivity contribution in [2.45, 2.75) is 0 Å². The molecule has 6 nitrogen and oxygen atoms in total. The quantitative estimate of drug-likeness (QED) is 0.342. The van der Waals surface area contributed by atoms with Crippen molar-refractivity contribution >= 4 is 64.1 Å². The molecule has 0 saturated carbocycles. The SMILES string of the molecule is COc1ccc(-n2cccc2/C=C2\C(=O)NC(=S)N(c3ccc(Cl)c(Cl)c3)C2=O)cc1. The number of ether oxygens (including phenoxy) is 1. The van der Waals surface area contributed by atoms with Crippen LogP contribution in [0.2, 0.25) is 10.0 Å². The van der Waals surface area contributed by atoms with E-state index in [1.807, 2.05) is 41.1 Å². The molecule has 1 aliphatic rings. The highest BCUT2D eigenvalue weighted by Crippen LogP contribution is 2.29. The van der Waals surface area contributed by atoms with Gasteiger partial charge in [-0.05, 0) is 72.9 Å². The smallest absolute Gasteiger partial charge is 0.270 e. The first kappa shape index (κ1) is 21.1. The number of hydrogen-bond donors (Lipinski definition) is 1. The second-order valence-corrected chi connectivity index (χ2v) is 7.76. The molecule has 0 aliphatic carbocycles. The molecule has 156 valence electrons. The largest absolute Gasteiger partial charge is 0.497 e. The number of carbonyl (C=O) groups is 2. The van der Waals surface area contributed by atoms with Gasteiger partial charge in [0.2, 0.25) is 0 Å². The summed E-state index contributed by atoms with van der Waals surface area (Å²) in [7, 11) is 1.60. The Morgan fingerprint density at radius 1 is 1.00 bits per heavy atom. The summed E-state index contributed by atoms with van der Waals surface area (Å²) >= 11 is 17.3. The normalized spacial score (nSPS) is 15.4. The summed E-state index contributed by atoms with van der Waals surface area (Å²) in [4.78, 5) is 27.0. The summed E-state index contributed by atoms with van der Waals surface area (Å²) in [5.74, 6) is -0.410. The van der Waals surface area contributed by atoms with Gasteiger partial charge in [0.25, 0.3) is 11.8 Å². The van der Waals surface area contributed by atoms with Gasteiger partial charge < -0.3 is 9.30 Å². The van der Waals surface area contributed by atoms with E-state index in [2.05, 4.69) is 5.32 Å². The van der Waals surface area contributed by atoms with Gasteiger partial charge in [-0.25, -0.2) is 0 Å². The van der Waals surface area contributed by atoms with Gasteiger partial charge in [-0.15, -0.1) is 0 Å². The average molecular weight is 472 g/mol. The van der Waals surface area contributed by atoms with E-state index < -0.39 is 11.8 Å². The van der Waals surface area contributed by atoms with Gasteiger partial charge in [-0.3, -0.25) is 19.8 Å². The molecule has 3 aromatic rings. The second-order valence-electron chi connectivity index (χ2n) is 6.56. The van der Waals surface area contributed by atoms with E-state index in [1.54, 1.807) is 25.3 Å². The van der Waals surface area contributed by atoms with Crippen LogP contribution in [-0.2, 0) is 9.59 Å². The zero-order valence-electron chi connectivity index (χ0n) is 16.1. The summed E-state index contributed by atoms with van der Waals surface area (Å²) in [5, 5.41) is 3.14. The number of thiocarbonyl (C=S) groups is 1. The van der Waals surface area contributed by atoms with E-state index in [1.165, 1.54) is 17.0 Å². The molecule has 2 amide bonds. The molecular weight excluding hydrogens is 457 g/mol. The van der Waals surface area contributed by atoms with Crippen molar-refractivity contribution in [3.05, 3.63) is 82.1 Å². The van der Waals surface area contributed by atoms with Crippen molar-refractivity contribution in [1.82, 2.24) is 9.88 Å². The number of amides is 2. The van der Waals surface area contributed by atoms with E-state index in [4.69, 9.17) is 40.2 Å². The summed E-state index contributed by atoms with van der Waals surface area (Å²) in [5.41, 5.74) is 1.83. The molecule has 1 N–H and O–H groups in total. The molecule has 1 fully saturated rings. The Morgan fingerprint density at radius 3 is 2.39 bits per heavy atom. The Labute approximate surface area is 193 Å². The molecule has 1 saturated heterocycles. The van der Waals surface area contributed by atoms with Crippen LogP contribution in [0.15, 0.2) is 66.4 Å². The highest BCUT2D eigenvalue weighted by molar-refractivity contribution is 7.80. The van der Waals surface area contributed by atoms with Gasteiger partial charge in [-0.1, -0.05) is 23.2 Å². The minimum absolute atomic E-state index is 0.0314. The summed E-state index contributed by atoms with van der Waals surface area (Å²) in [6.45, 7) is 0. The monoisotopic (exact) mass is 471 g/mol. The van der Waals surface area contributed by atoms with Crippen LogP contribution < -0.4 is 15.0 Å². The zero-order valence-corrected chi connectivity index (χ0v) is 18.5. The van der Waals surface area contributed by atoms with Crippen molar-refractivity contribution in [2.75, 3.05) is 12.0 Å². The van der Waals surface area contributed by atoms with Crippen LogP contribution in [0.5, 0.6) is 5.75 Å². The van der Waals surface area contributed by atoms with Gasteiger partial charge in [0, 0.05) is 17.6 Å². The van der Waals surface area contributed by atoms with Gasteiger partial charge in [0.15, 0.2) is 5.11 Å². The Hall–Kier alpha value is -3.13. The van der Waals surface area contributed by atoms with Crippen molar-refractivity contribution in [3.8, 4) is 11.4 Å². The molecule has 0 spiro atoms. The molecule has 0 bridgehead atoms. The molecule has 2 heterocycles. The minimum atomic E-state index is -0.575. The van der Waals surface area contributed by atoms with Crippen LogP contribution in [-0.4, -0.2) is 28.6 Å². The van der Waals surface area contributed by atoms with Crippen LogP contribution in [0.4, 0.5) is 5.69 Å². The Kier molecular flexibility index (Phi) is 5.82. The average Bonchev–Trinajstić information content (AvgIpc) is 3.22.